The van der Waals surface area contributed by atoms with Crippen molar-refractivity contribution in [2.24, 2.45) is 0 Å². The Kier molecular flexibility index (Phi) is 3.89. The maximum Gasteiger partial charge on any atom is 0.161 e. The molecule has 1 atom stereocenters. The molecule has 0 aliphatic carbocycles. The van der Waals surface area contributed by atoms with E-state index in [1.807, 2.05) is 0 Å². The standard InChI is InChI=1S/C12H14F3NO/c13-9-5-11(15)12(6-10(9)14)16-7-8-3-1-2-4-17-8/h5-6,8,16H,1-4,7H2. The SMILES string of the molecule is Fc1cc(F)c(NCC2CCCCO2)cc1F. The Morgan fingerprint density at radius 2 is 1.88 bits per heavy atom. The van der Waals surface area contributed by atoms with E-state index in [2.05, 4.69) is 5.32 Å². The zero-order valence-corrected chi connectivity index (χ0v) is 9.31. The molecule has 17 heavy (non-hydrogen) atoms. The van der Waals surface area contributed by atoms with Crippen LogP contribution >= 0.6 is 0 Å². The average Bonchev–Trinajstić information content (AvgIpc) is 2.33. The van der Waals surface area contributed by atoms with Gasteiger partial charge in [-0.15, -0.1) is 0 Å². The van der Waals surface area contributed by atoms with Gasteiger partial charge in [0, 0.05) is 25.3 Å². The van der Waals surface area contributed by atoms with Crippen LogP contribution in [0.2, 0.25) is 0 Å². The molecule has 0 amide bonds. The smallest absolute Gasteiger partial charge is 0.161 e. The summed E-state index contributed by atoms with van der Waals surface area (Å²) in [6, 6.07) is 1.37. The third-order valence-corrected chi connectivity index (χ3v) is 2.80. The number of benzene rings is 1. The fourth-order valence-electron chi connectivity index (χ4n) is 1.85. The number of nitrogens with one attached hydrogen (secondary N) is 1. The lowest BCUT2D eigenvalue weighted by Gasteiger charge is -2.23. The van der Waals surface area contributed by atoms with Gasteiger partial charge in [-0.1, -0.05) is 0 Å². The van der Waals surface area contributed by atoms with Crippen LogP contribution in [0.4, 0.5) is 18.9 Å². The number of halogens is 3. The minimum Gasteiger partial charge on any atom is -0.380 e. The number of hydrogen-bond acceptors (Lipinski definition) is 2. The molecule has 2 rings (SSSR count). The van der Waals surface area contributed by atoms with E-state index in [0.29, 0.717) is 19.2 Å². The number of hydrogen-bond donors (Lipinski definition) is 1. The maximum absolute atomic E-state index is 13.3. The van der Waals surface area contributed by atoms with Crippen molar-refractivity contribution in [3.05, 3.63) is 29.6 Å². The number of ether oxygens (including phenoxy) is 1. The van der Waals surface area contributed by atoms with Crippen molar-refractivity contribution in [2.45, 2.75) is 25.4 Å². The highest BCUT2D eigenvalue weighted by Gasteiger charge is 2.15. The summed E-state index contributed by atoms with van der Waals surface area (Å²) in [6.45, 7) is 1.11. The van der Waals surface area contributed by atoms with E-state index in [-0.39, 0.29) is 11.8 Å². The summed E-state index contributed by atoms with van der Waals surface area (Å²) in [5.74, 6) is -3.03. The van der Waals surface area contributed by atoms with Crippen LogP contribution in [0, 0.1) is 17.5 Å². The van der Waals surface area contributed by atoms with Gasteiger partial charge in [0.05, 0.1) is 11.8 Å². The molecule has 1 N–H and O–H groups in total. The van der Waals surface area contributed by atoms with Gasteiger partial charge in [-0.3, -0.25) is 0 Å². The summed E-state index contributed by atoms with van der Waals surface area (Å²) in [5, 5.41) is 2.74. The average molecular weight is 245 g/mol. The highest BCUT2D eigenvalue weighted by Crippen LogP contribution is 2.19. The zero-order chi connectivity index (χ0) is 12.3. The van der Waals surface area contributed by atoms with Crippen molar-refractivity contribution in [3.63, 3.8) is 0 Å². The van der Waals surface area contributed by atoms with Crippen LogP contribution in [0.25, 0.3) is 0 Å². The van der Waals surface area contributed by atoms with Gasteiger partial charge < -0.3 is 10.1 Å². The van der Waals surface area contributed by atoms with Gasteiger partial charge >= 0.3 is 0 Å². The summed E-state index contributed by atoms with van der Waals surface area (Å²) >= 11 is 0. The molecule has 1 aromatic rings. The fraction of sp³-hybridized carbons (Fsp3) is 0.500. The zero-order valence-electron chi connectivity index (χ0n) is 9.31. The molecule has 1 fully saturated rings. The molecule has 0 aromatic heterocycles. The van der Waals surface area contributed by atoms with Crippen molar-refractivity contribution in [1.82, 2.24) is 0 Å². The second kappa shape index (κ2) is 5.40. The second-order valence-electron chi connectivity index (χ2n) is 4.12. The van der Waals surface area contributed by atoms with Crippen molar-refractivity contribution in [3.8, 4) is 0 Å². The lowest BCUT2D eigenvalue weighted by Crippen LogP contribution is -2.27. The van der Waals surface area contributed by atoms with Crippen LogP contribution in [-0.2, 0) is 4.74 Å². The molecule has 2 nitrogen and oxygen atoms in total. The first kappa shape index (κ1) is 12.2. The molecule has 1 heterocycles. The van der Waals surface area contributed by atoms with Gasteiger partial charge in [0.25, 0.3) is 0 Å². The lowest BCUT2D eigenvalue weighted by molar-refractivity contribution is 0.0247. The molecule has 0 radical (unpaired) electrons. The molecule has 1 aliphatic rings. The summed E-state index contributed by atoms with van der Waals surface area (Å²) in [6.07, 6.45) is 3.03. The third-order valence-electron chi connectivity index (χ3n) is 2.80. The number of rotatable bonds is 3. The van der Waals surface area contributed by atoms with Crippen LogP contribution in [0.5, 0.6) is 0 Å². The molecule has 5 heteroatoms. The normalized spacial score (nSPS) is 20.3. The molecule has 1 unspecified atom stereocenters. The molecular weight excluding hydrogens is 231 g/mol. The molecule has 0 bridgehead atoms. The van der Waals surface area contributed by atoms with Gasteiger partial charge in [-0.05, 0) is 19.3 Å². The highest BCUT2D eigenvalue weighted by molar-refractivity contribution is 5.45. The Bertz CT molecular complexity index is 392. The maximum atomic E-state index is 13.3. The van der Waals surface area contributed by atoms with E-state index in [4.69, 9.17) is 4.74 Å². The van der Waals surface area contributed by atoms with E-state index >= 15 is 0 Å². The van der Waals surface area contributed by atoms with Gasteiger partial charge in [-0.25, -0.2) is 13.2 Å². The van der Waals surface area contributed by atoms with Crippen LogP contribution in [0.15, 0.2) is 12.1 Å². The summed E-state index contributed by atoms with van der Waals surface area (Å²) in [5.41, 5.74) is -0.0296. The van der Waals surface area contributed by atoms with Gasteiger partial charge in [0.2, 0.25) is 0 Å². The molecular formula is C12H14F3NO. The minimum atomic E-state index is -1.18. The van der Waals surface area contributed by atoms with Gasteiger partial charge in [-0.2, -0.15) is 0 Å². The van der Waals surface area contributed by atoms with Gasteiger partial charge in [0.15, 0.2) is 11.6 Å². The first-order chi connectivity index (χ1) is 8.16. The first-order valence-electron chi connectivity index (χ1n) is 5.67. The Morgan fingerprint density at radius 3 is 2.59 bits per heavy atom. The van der Waals surface area contributed by atoms with Crippen LogP contribution in [0.1, 0.15) is 19.3 Å². The Balaban J connectivity index is 1.96. The predicted octanol–water partition coefficient (Wildman–Crippen LogP) is 3.08. The van der Waals surface area contributed by atoms with E-state index in [1.165, 1.54) is 0 Å². The molecule has 1 aromatic carbocycles. The number of anilines is 1. The van der Waals surface area contributed by atoms with E-state index < -0.39 is 17.5 Å². The monoisotopic (exact) mass is 245 g/mol. The third kappa shape index (κ3) is 3.12. The van der Waals surface area contributed by atoms with Crippen molar-refractivity contribution in [1.29, 1.82) is 0 Å². The van der Waals surface area contributed by atoms with Gasteiger partial charge in [0.1, 0.15) is 5.82 Å². The highest BCUT2D eigenvalue weighted by atomic mass is 19.2. The predicted molar refractivity (Wildman–Crippen MR) is 58.4 cm³/mol. The van der Waals surface area contributed by atoms with E-state index in [9.17, 15) is 13.2 Å². The first-order valence-corrected chi connectivity index (χ1v) is 5.67. The molecule has 1 aliphatic heterocycles. The molecule has 94 valence electrons. The largest absolute Gasteiger partial charge is 0.380 e. The van der Waals surface area contributed by atoms with E-state index in [0.717, 1.165) is 25.3 Å². The van der Waals surface area contributed by atoms with Crippen molar-refractivity contribution >= 4 is 5.69 Å². The van der Waals surface area contributed by atoms with Crippen molar-refractivity contribution in [2.75, 3.05) is 18.5 Å². The van der Waals surface area contributed by atoms with Crippen LogP contribution in [0.3, 0.4) is 0 Å². The Hall–Kier alpha value is -1.23. The topological polar surface area (TPSA) is 21.3 Å². The summed E-state index contributed by atoms with van der Waals surface area (Å²) in [4.78, 5) is 0. The molecule has 0 spiro atoms. The van der Waals surface area contributed by atoms with Crippen LogP contribution < -0.4 is 5.32 Å². The van der Waals surface area contributed by atoms with E-state index in [1.54, 1.807) is 0 Å². The van der Waals surface area contributed by atoms with Crippen molar-refractivity contribution < 1.29 is 17.9 Å². The second-order valence-corrected chi connectivity index (χ2v) is 4.12. The van der Waals surface area contributed by atoms with Crippen LogP contribution in [-0.4, -0.2) is 19.3 Å². The Labute approximate surface area is 97.8 Å². The molecule has 1 saturated heterocycles. The quantitative estimate of drug-likeness (QED) is 0.826. The minimum absolute atomic E-state index is 0.0104. The Morgan fingerprint density at radius 1 is 1.12 bits per heavy atom. The summed E-state index contributed by atoms with van der Waals surface area (Å²) < 4.78 is 44.3. The molecule has 0 saturated carbocycles. The fourth-order valence-corrected chi connectivity index (χ4v) is 1.85. The lowest BCUT2D eigenvalue weighted by atomic mass is 10.1. The summed E-state index contributed by atoms with van der Waals surface area (Å²) in [7, 11) is 0.